The average molecular weight is 355 g/mol. The number of hydrogen-bond donors (Lipinski definition) is 0. The van der Waals surface area contributed by atoms with Crippen LogP contribution in [0.2, 0.25) is 5.02 Å². The number of methoxy groups -OCH3 is 2. The molecule has 0 N–H and O–H groups in total. The maximum atomic E-state index is 12.5. The van der Waals surface area contributed by atoms with Crippen molar-refractivity contribution in [1.29, 1.82) is 0 Å². The van der Waals surface area contributed by atoms with Crippen molar-refractivity contribution in [2.24, 2.45) is 4.99 Å². The molecule has 1 aliphatic heterocycles. The summed E-state index contributed by atoms with van der Waals surface area (Å²) < 4.78 is 10.5. The molecule has 0 aliphatic carbocycles. The fourth-order valence-corrected chi connectivity index (χ4v) is 3.61. The van der Waals surface area contributed by atoms with Gasteiger partial charge in [0.25, 0.3) is 5.91 Å². The van der Waals surface area contributed by atoms with Crippen molar-refractivity contribution in [2.45, 2.75) is 13.8 Å². The van der Waals surface area contributed by atoms with Crippen LogP contribution in [0.5, 0.6) is 11.5 Å². The Morgan fingerprint density at radius 2 is 2.04 bits per heavy atom. The van der Waals surface area contributed by atoms with Crippen LogP contribution in [0.4, 0.5) is 0 Å². The molecule has 0 aromatic heterocycles. The Morgan fingerprint density at radius 3 is 2.61 bits per heavy atom. The third-order valence-electron chi connectivity index (χ3n) is 3.25. The quantitative estimate of drug-likeness (QED) is 0.757. The smallest absolute Gasteiger partial charge is 0.266 e. The van der Waals surface area contributed by atoms with E-state index in [1.165, 1.54) is 18.9 Å². The number of likely N-dealkylation sites (N-methyl/N-ethyl adjacent to an activating group) is 1. The van der Waals surface area contributed by atoms with Crippen molar-refractivity contribution in [3.05, 3.63) is 27.6 Å². The number of halogens is 1. The summed E-state index contributed by atoms with van der Waals surface area (Å²) in [7, 11) is 3.08. The zero-order chi connectivity index (χ0) is 17.0. The fraction of sp³-hybridized carbons (Fsp3) is 0.375. The van der Waals surface area contributed by atoms with Crippen LogP contribution in [0.1, 0.15) is 19.4 Å². The standard InChI is InChI=1S/C16H19ClN2O3S/c1-5-18-16-19(6-2)15(20)13(23-16)9-10-7-11(17)14(22-4)12(8-10)21-3/h7-9H,5-6H2,1-4H3. The number of ether oxygens (including phenoxy) is 2. The molecule has 7 heteroatoms. The molecular formula is C16H19ClN2O3S. The van der Waals surface area contributed by atoms with Crippen LogP contribution in [-0.2, 0) is 4.79 Å². The maximum Gasteiger partial charge on any atom is 0.266 e. The molecule has 1 amide bonds. The van der Waals surface area contributed by atoms with Crippen LogP contribution < -0.4 is 9.47 Å². The molecule has 124 valence electrons. The Bertz CT molecular complexity index is 674. The zero-order valence-corrected chi connectivity index (χ0v) is 15.1. The maximum absolute atomic E-state index is 12.5. The van der Waals surface area contributed by atoms with Crippen LogP contribution in [0.15, 0.2) is 22.0 Å². The molecule has 0 bridgehead atoms. The Balaban J connectivity index is 2.41. The van der Waals surface area contributed by atoms with Crippen LogP contribution in [0, 0.1) is 0 Å². The van der Waals surface area contributed by atoms with Gasteiger partial charge in [0.15, 0.2) is 16.7 Å². The summed E-state index contributed by atoms with van der Waals surface area (Å²) in [6, 6.07) is 3.53. The first-order chi connectivity index (χ1) is 11.0. The van der Waals surface area contributed by atoms with Crippen molar-refractivity contribution in [2.75, 3.05) is 27.3 Å². The lowest BCUT2D eigenvalue weighted by molar-refractivity contribution is -0.122. The third-order valence-corrected chi connectivity index (χ3v) is 4.58. The molecule has 1 fully saturated rings. The number of rotatable bonds is 5. The Hall–Kier alpha value is -1.66. The highest BCUT2D eigenvalue weighted by Gasteiger charge is 2.31. The molecule has 23 heavy (non-hydrogen) atoms. The molecular weight excluding hydrogens is 336 g/mol. The Labute approximate surface area is 145 Å². The molecule has 5 nitrogen and oxygen atoms in total. The van der Waals surface area contributed by atoms with Gasteiger partial charge < -0.3 is 9.47 Å². The molecule has 0 radical (unpaired) electrons. The highest BCUT2D eigenvalue weighted by atomic mass is 35.5. The number of nitrogens with zero attached hydrogens (tertiary/aromatic N) is 2. The Morgan fingerprint density at radius 1 is 1.30 bits per heavy atom. The van der Waals surface area contributed by atoms with Crippen molar-refractivity contribution in [3.63, 3.8) is 0 Å². The van der Waals surface area contributed by atoms with Crippen molar-refractivity contribution in [3.8, 4) is 11.5 Å². The van der Waals surface area contributed by atoms with E-state index < -0.39 is 0 Å². The highest BCUT2D eigenvalue weighted by Crippen LogP contribution is 2.38. The summed E-state index contributed by atoms with van der Waals surface area (Å²) in [5.74, 6) is 0.956. The molecule has 1 heterocycles. The topological polar surface area (TPSA) is 51.1 Å². The van der Waals surface area contributed by atoms with E-state index in [1.54, 1.807) is 30.2 Å². The van der Waals surface area contributed by atoms with Gasteiger partial charge in [-0.15, -0.1) is 0 Å². The average Bonchev–Trinajstić information content (AvgIpc) is 2.82. The van der Waals surface area contributed by atoms with Gasteiger partial charge in [-0.05, 0) is 49.4 Å². The summed E-state index contributed by atoms with van der Waals surface area (Å²) in [6.45, 7) is 5.11. The van der Waals surface area contributed by atoms with Gasteiger partial charge in [0.05, 0.1) is 24.1 Å². The largest absolute Gasteiger partial charge is 0.493 e. The molecule has 0 saturated carbocycles. The third kappa shape index (κ3) is 3.64. The predicted octanol–water partition coefficient (Wildman–Crippen LogP) is 3.67. The van der Waals surface area contributed by atoms with E-state index in [4.69, 9.17) is 21.1 Å². The number of hydrogen-bond acceptors (Lipinski definition) is 5. The van der Waals surface area contributed by atoms with Gasteiger partial charge in [-0.3, -0.25) is 14.7 Å². The first-order valence-electron chi connectivity index (χ1n) is 7.23. The minimum absolute atomic E-state index is 0.0457. The number of benzene rings is 1. The van der Waals surface area contributed by atoms with Gasteiger partial charge in [0.1, 0.15) is 0 Å². The zero-order valence-electron chi connectivity index (χ0n) is 13.6. The summed E-state index contributed by atoms with van der Waals surface area (Å²) in [4.78, 5) is 19.1. The van der Waals surface area contributed by atoms with E-state index in [0.717, 1.165) is 10.7 Å². The van der Waals surface area contributed by atoms with Gasteiger partial charge in [0, 0.05) is 13.1 Å². The lowest BCUT2D eigenvalue weighted by atomic mass is 10.2. The van der Waals surface area contributed by atoms with Gasteiger partial charge >= 0.3 is 0 Å². The summed E-state index contributed by atoms with van der Waals surface area (Å²) in [5, 5.41) is 1.17. The van der Waals surface area contributed by atoms with E-state index in [-0.39, 0.29) is 5.91 Å². The van der Waals surface area contributed by atoms with Crippen molar-refractivity contribution in [1.82, 2.24) is 4.90 Å². The van der Waals surface area contributed by atoms with Gasteiger partial charge in [-0.25, -0.2) is 0 Å². The fourth-order valence-electron chi connectivity index (χ4n) is 2.21. The molecule has 1 aromatic rings. The van der Waals surface area contributed by atoms with E-state index in [9.17, 15) is 4.79 Å². The first-order valence-corrected chi connectivity index (χ1v) is 8.42. The lowest BCUT2D eigenvalue weighted by Gasteiger charge is -2.11. The van der Waals surface area contributed by atoms with E-state index in [1.807, 2.05) is 13.8 Å². The summed E-state index contributed by atoms with van der Waals surface area (Å²) in [6.07, 6.45) is 1.79. The van der Waals surface area contributed by atoms with E-state index >= 15 is 0 Å². The second kappa shape index (κ2) is 7.75. The molecule has 0 unspecified atom stereocenters. The van der Waals surface area contributed by atoms with Crippen LogP contribution >= 0.6 is 23.4 Å². The van der Waals surface area contributed by atoms with Gasteiger partial charge in [-0.2, -0.15) is 0 Å². The van der Waals surface area contributed by atoms with Crippen LogP contribution in [0.25, 0.3) is 6.08 Å². The van der Waals surface area contributed by atoms with Crippen LogP contribution in [-0.4, -0.2) is 43.3 Å². The molecule has 0 spiro atoms. The van der Waals surface area contributed by atoms with Crippen molar-refractivity contribution >= 4 is 40.5 Å². The number of aliphatic imine (C=N–C) groups is 1. The molecule has 0 atom stereocenters. The number of amides is 1. The summed E-state index contributed by atoms with van der Waals surface area (Å²) in [5.41, 5.74) is 0.775. The minimum atomic E-state index is -0.0457. The van der Waals surface area contributed by atoms with Crippen LogP contribution in [0.3, 0.4) is 0 Å². The highest BCUT2D eigenvalue weighted by molar-refractivity contribution is 8.18. The minimum Gasteiger partial charge on any atom is -0.493 e. The molecule has 1 aromatic carbocycles. The monoisotopic (exact) mass is 354 g/mol. The summed E-state index contributed by atoms with van der Waals surface area (Å²) >= 11 is 7.58. The first kappa shape index (κ1) is 17.7. The predicted molar refractivity (Wildman–Crippen MR) is 95.5 cm³/mol. The normalized spacial score (nSPS) is 18.1. The molecule has 1 aliphatic rings. The second-order valence-electron chi connectivity index (χ2n) is 4.66. The number of thioether (sulfide) groups is 1. The molecule has 2 rings (SSSR count). The lowest BCUT2D eigenvalue weighted by Crippen LogP contribution is -2.28. The Kier molecular flexibility index (Phi) is 5.96. The number of amidine groups is 1. The van der Waals surface area contributed by atoms with E-state index in [2.05, 4.69) is 4.99 Å². The SMILES string of the molecule is CCN=C1SC(=Cc2cc(Cl)c(OC)c(OC)c2)C(=O)N1CC. The van der Waals surface area contributed by atoms with E-state index in [0.29, 0.717) is 34.5 Å². The van der Waals surface area contributed by atoms with Gasteiger partial charge in [0.2, 0.25) is 0 Å². The van der Waals surface area contributed by atoms with Crippen molar-refractivity contribution < 1.29 is 14.3 Å². The van der Waals surface area contributed by atoms with Gasteiger partial charge in [-0.1, -0.05) is 11.6 Å². The molecule has 1 saturated heterocycles. The number of carbonyl (C=O) groups is 1. The number of carbonyl (C=O) groups excluding carboxylic acids is 1. The second-order valence-corrected chi connectivity index (χ2v) is 6.07.